The van der Waals surface area contributed by atoms with Crippen LogP contribution >= 0.6 is 31.9 Å². The fourth-order valence-corrected chi connectivity index (χ4v) is 4.07. The number of rotatable bonds is 4. The number of amides is 1. The lowest BCUT2D eigenvalue weighted by Gasteiger charge is -2.44. The van der Waals surface area contributed by atoms with Crippen molar-refractivity contribution in [2.45, 2.75) is 32.5 Å². The molecule has 0 N–H and O–H groups in total. The van der Waals surface area contributed by atoms with Crippen LogP contribution in [0.5, 0.6) is 0 Å². The number of halogens is 3. The van der Waals surface area contributed by atoms with Gasteiger partial charge in [0.2, 0.25) is 5.91 Å². The maximum atomic E-state index is 13.1. The highest BCUT2D eigenvalue weighted by Gasteiger charge is 2.30. The van der Waals surface area contributed by atoms with E-state index in [1.54, 1.807) is 6.08 Å². The number of hydrogen-bond donors (Lipinski definition) is 0. The Morgan fingerprint density at radius 2 is 1.79 bits per heavy atom. The summed E-state index contributed by atoms with van der Waals surface area (Å²) < 4.78 is 15.1. The SMILES string of the molecule is C[C@@H]1CN(Cc2ccc(F)cc2)[C@@H](C)CN1C(=O)/C=C/c1ccc(Br)c(Br)c1. The van der Waals surface area contributed by atoms with Crippen molar-refractivity contribution >= 4 is 43.8 Å². The predicted molar refractivity (Wildman–Crippen MR) is 118 cm³/mol. The molecule has 2 aromatic carbocycles. The van der Waals surface area contributed by atoms with E-state index in [0.717, 1.165) is 33.2 Å². The van der Waals surface area contributed by atoms with E-state index >= 15 is 0 Å². The maximum absolute atomic E-state index is 13.1. The van der Waals surface area contributed by atoms with Crippen LogP contribution in [0.3, 0.4) is 0 Å². The molecule has 2 aromatic rings. The molecule has 148 valence electrons. The van der Waals surface area contributed by atoms with Gasteiger partial charge < -0.3 is 4.90 Å². The topological polar surface area (TPSA) is 23.6 Å². The number of carbonyl (C=O) groups excluding carboxylic acids is 1. The molecule has 3 rings (SSSR count). The second-order valence-electron chi connectivity index (χ2n) is 7.25. The molecule has 1 aliphatic heterocycles. The quantitative estimate of drug-likeness (QED) is 0.509. The van der Waals surface area contributed by atoms with Gasteiger partial charge in [0.1, 0.15) is 5.82 Å². The van der Waals surface area contributed by atoms with Gasteiger partial charge in [0.15, 0.2) is 0 Å². The third-order valence-electron chi connectivity index (χ3n) is 5.06. The van der Waals surface area contributed by atoms with E-state index in [9.17, 15) is 9.18 Å². The Hall–Kier alpha value is -1.50. The number of carbonyl (C=O) groups is 1. The van der Waals surface area contributed by atoms with Gasteiger partial charge in [-0.3, -0.25) is 9.69 Å². The second kappa shape index (κ2) is 9.33. The van der Waals surface area contributed by atoms with Gasteiger partial charge in [-0.1, -0.05) is 18.2 Å². The van der Waals surface area contributed by atoms with Crippen molar-refractivity contribution in [1.29, 1.82) is 0 Å². The molecular weight excluding hydrogens is 487 g/mol. The van der Waals surface area contributed by atoms with Crippen LogP contribution in [0.1, 0.15) is 25.0 Å². The molecule has 6 heteroatoms. The van der Waals surface area contributed by atoms with E-state index in [4.69, 9.17) is 0 Å². The summed E-state index contributed by atoms with van der Waals surface area (Å²) in [5.41, 5.74) is 2.06. The predicted octanol–water partition coefficient (Wildman–Crippen LogP) is 5.49. The van der Waals surface area contributed by atoms with E-state index in [1.807, 2.05) is 41.3 Å². The van der Waals surface area contributed by atoms with E-state index in [2.05, 4.69) is 50.6 Å². The van der Waals surface area contributed by atoms with Gasteiger partial charge in [-0.05, 0) is 87.2 Å². The van der Waals surface area contributed by atoms with E-state index in [1.165, 1.54) is 12.1 Å². The Balaban J connectivity index is 1.62. The number of piperazine rings is 1. The molecule has 2 atom stereocenters. The molecule has 0 aliphatic carbocycles. The van der Waals surface area contributed by atoms with Crippen molar-refractivity contribution in [3.05, 3.63) is 74.4 Å². The summed E-state index contributed by atoms with van der Waals surface area (Å²) in [6, 6.07) is 12.9. The third kappa shape index (κ3) is 5.31. The fraction of sp³-hybridized carbons (Fsp3) is 0.318. The van der Waals surface area contributed by atoms with Crippen LogP contribution in [0.15, 0.2) is 57.5 Å². The minimum atomic E-state index is -0.217. The molecule has 1 saturated heterocycles. The minimum absolute atomic E-state index is 0.0276. The van der Waals surface area contributed by atoms with Gasteiger partial charge in [0.05, 0.1) is 0 Å². The Morgan fingerprint density at radius 1 is 1.07 bits per heavy atom. The molecule has 0 aromatic heterocycles. The lowest BCUT2D eigenvalue weighted by molar-refractivity contribution is -0.131. The molecule has 28 heavy (non-hydrogen) atoms. The Kier molecular flexibility index (Phi) is 7.07. The van der Waals surface area contributed by atoms with E-state index < -0.39 is 0 Å². The molecule has 1 amide bonds. The van der Waals surface area contributed by atoms with Crippen LogP contribution in [0.2, 0.25) is 0 Å². The number of nitrogens with zero attached hydrogens (tertiary/aromatic N) is 2. The largest absolute Gasteiger partial charge is 0.334 e. The number of benzene rings is 2. The highest BCUT2D eigenvalue weighted by molar-refractivity contribution is 9.13. The first-order chi connectivity index (χ1) is 13.3. The van der Waals surface area contributed by atoms with Crippen molar-refractivity contribution < 1.29 is 9.18 Å². The summed E-state index contributed by atoms with van der Waals surface area (Å²) in [5.74, 6) is -0.190. The first kappa shape index (κ1) is 21.2. The first-order valence-electron chi connectivity index (χ1n) is 9.25. The molecule has 0 bridgehead atoms. The summed E-state index contributed by atoms with van der Waals surface area (Å²) in [6.07, 6.45) is 3.50. The Bertz CT molecular complexity index is 869. The molecular formula is C22H23Br2FN2O. The maximum Gasteiger partial charge on any atom is 0.246 e. The minimum Gasteiger partial charge on any atom is -0.334 e. The van der Waals surface area contributed by atoms with Crippen LogP contribution in [-0.2, 0) is 11.3 Å². The van der Waals surface area contributed by atoms with Crippen LogP contribution in [0.4, 0.5) is 4.39 Å². The Labute approximate surface area is 182 Å². The van der Waals surface area contributed by atoms with Crippen LogP contribution < -0.4 is 0 Å². The average Bonchev–Trinajstić information content (AvgIpc) is 2.67. The lowest BCUT2D eigenvalue weighted by atomic mass is 10.1. The summed E-state index contributed by atoms with van der Waals surface area (Å²) in [6.45, 7) is 6.44. The van der Waals surface area contributed by atoms with Crippen molar-refractivity contribution in [2.75, 3.05) is 13.1 Å². The zero-order chi connectivity index (χ0) is 20.3. The molecule has 1 aliphatic rings. The summed E-state index contributed by atoms with van der Waals surface area (Å²) >= 11 is 6.93. The van der Waals surface area contributed by atoms with Crippen LogP contribution in [0.25, 0.3) is 6.08 Å². The van der Waals surface area contributed by atoms with Gasteiger partial charge in [-0.25, -0.2) is 4.39 Å². The smallest absolute Gasteiger partial charge is 0.246 e. The summed E-state index contributed by atoms with van der Waals surface area (Å²) in [4.78, 5) is 17.0. The normalized spacial score (nSPS) is 20.7. The zero-order valence-corrected chi connectivity index (χ0v) is 19.1. The van der Waals surface area contributed by atoms with Crippen LogP contribution in [0, 0.1) is 5.82 Å². The molecule has 0 unspecified atom stereocenters. The van der Waals surface area contributed by atoms with Crippen LogP contribution in [-0.4, -0.2) is 40.9 Å². The van der Waals surface area contributed by atoms with Gasteiger partial charge >= 0.3 is 0 Å². The molecule has 3 nitrogen and oxygen atoms in total. The van der Waals surface area contributed by atoms with Gasteiger partial charge in [0, 0.05) is 46.7 Å². The van der Waals surface area contributed by atoms with Crippen molar-refractivity contribution in [1.82, 2.24) is 9.80 Å². The second-order valence-corrected chi connectivity index (χ2v) is 8.96. The van der Waals surface area contributed by atoms with Crippen molar-refractivity contribution in [3.8, 4) is 0 Å². The molecule has 0 saturated carbocycles. The Morgan fingerprint density at radius 3 is 2.46 bits per heavy atom. The van der Waals surface area contributed by atoms with Gasteiger partial charge in [0.25, 0.3) is 0 Å². The van der Waals surface area contributed by atoms with Gasteiger partial charge in [-0.15, -0.1) is 0 Å². The standard InChI is InChI=1S/C22H23Br2FN2O/c1-15-13-27(22(28)10-6-17-5-9-20(23)21(24)11-17)16(2)12-26(15)14-18-3-7-19(25)8-4-18/h3-11,15-16H,12-14H2,1-2H3/b10-6+/t15-,16+/m0/s1. The van der Waals surface area contributed by atoms with Crippen molar-refractivity contribution in [2.24, 2.45) is 0 Å². The summed E-state index contributed by atoms with van der Waals surface area (Å²) in [5, 5.41) is 0. The monoisotopic (exact) mass is 508 g/mol. The molecule has 1 fully saturated rings. The molecule has 0 spiro atoms. The van der Waals surface area contributed by atoms with E-state index in [-0.39, 0.29) is 23.8 Å². The summed E-state index contributed by atoms with van der Waals surface area (Å²) in [7, 11) is 0. The zero-order valence-electron chi connectivity index (χ0n) is 15.9. The van der Waals surface area contributed by atoms with E-state index in [0.29, 0.717) is 6.54 Å². The molecule has 1 heterocycles. The number of hydrogen-bond acceptors (Lipinski definition) is 2. The highest BCUT2D eigenvalue weighted by Crippen LogP contribution is 2.24. The average molecular weight is 510 g/mol. The van der Waals surface area contributed by atoms with Crippen molar-refractivity contribution in [3.63, 3.8) is 0 Å². The van der Waals surface area contributed by atoms with Gasteiger partial charge in [-0.2, -0.15) is 0 Å². The molecule has 0 radical (unpaired) electrons. The fourth-order valence-electron chi connectivity index (χ4n) is 3.43. The lowest BCUT2D eigenvalue weighted by Crippen LogP contribution is -2.57. The highest BCUT2D eigenvalue weighted by atomic mass is 79.9. The third-order valence-corrected chi connectivity index (χ3v) is 6.94. The first-order valence-corrected chi connectivity index (χ1v) is 10.8.